The van der Waals surface area contributed by atoms with Gasteiger partial charge in [0.25, 0.3) is 5.91 Å². The van der Waals surface area contributed by atoms with Crippen molar-refractivity contribution in [1.82, 2.24) is 15.5 Å². The molecule has 5 rings (SSSR count). The first-order valence-electron chi connectivity index (χ1n) is 9.91. The molecule has 4 saturated carbocycles. The van der Waals surface area contributed by atoms with Gasteiger partial charge in [-0.25, -0.2) is 4.79 Å². The van der Waals surface area contributed by atoms with E-state index in [1.54, 1.807) is 6.92 Å². The van der Waals surface area contributed by atoms with E-state index >= 15 is 0 Å². The van der Waals surface area contributed by atoms with Crippen LogP contribution < -0.4 is 10.6 Å². The zero-order valence-corrected chi connectivity index (χ0v) is 14.8. The van der Waals surface area contributed by atoms with Crippen molar-refractivity contribution < 1.29 is 14.4 Å². The number of fused-ring (bicyclic) bond motifs is 5. The summed E-state index contributed by atoms with van der Waals surface area (Å²) < 4.78 is 0. The molecule has 0 aromatic heterocycles. The summed E-state index contributed by atoms with van der Waals surface area (Å²) in [6.07, 6.45) is 8.29. The van der Waals surface area contributed by atoms with Crippen LogP contribution in [0.25, 0.3) is 0 Å². The summed E-state index contributed by atoms with van der Waals surface area (Å²) in [5, 5.41) is 5.96. The molecule has 4 aliphatic carbocycles. The lowest BCUT2D eigenvalue weighted by Gasteiger charge is -2.32. The molecule has 2 N–H and O–H groups in total. The van der Waals surface area contributed by atoms with Gasteiger partial charge < -0.3 is 10.6 Å². The van der Waals surface area contributed by atoms with Gasteiger partial charge in [0.15, 0.2) is 0 Å². The second-order valence-corrected chi connectivity index (χ2v) is 9.13. The molecule has 6 heteroatoms. The molecule has 1 heterocycles. The van der Waals surface area contributed by atoms with E-state index in [2.05, 4.69) is 10.6 Å². The van der Waals surface area contributed by atoms with E-state index in [4.69, 9.17) is 0 Å². The number of hydrogen-bond donors (Lipinski definition) is 2. The smallest absolute Gasteiger partial charge is 0.325 e. The molecule has 0 radical (unpaired) electrons. The van der Waals surface area contributed by atoms with Crippen molar-refractivity contribution in [3.05, 3.63) is 0 Å². The van der Waals surface area contributed by atoms with Crippen molar-refractivity contribution in [2.24, 2.45) is 29.6 Å². The predicted molar refractivity (Wildman–Crippen MR) is 90.3 cm³/mol. The van der Waals surface area contributed by atoms with Crippen LogP contribution in [0, 0.1) is 29.6 Å². The van der Waals surface area contributed by atoms with Crippen LogP contribution in [0.4, 0.5) is 4.79 Å². The standard InChI is InChI=1S/C19H27N3O3/c1-19(11-5-6-11)17(24)22(18(25)21-19)9-16(23)20-15-8-10-7-14(15)13-4-2-3-12(10)13/h10-15H,2-9H2,1H3,(H,20,23)(H,21,25)/t10-,12+,13-,14+,15-,19-/m1/s1. The number of rotatable bonds is 4. The Morgan fingerprint density at radius 3 is 2.68 bits per heavy atom. The zero-order valence-electron chi connectivity index (χ0n) is 14.8. The Labute approximate surface area is 148 Å². The molecule has 4 amide bonds. The second-order valence-electron chi connectivity index (χ2n) is 9.13. The van der Waals surface area contributed by atoms with Crippen molar-refractivity contribution in [2.75, 3.05) is 6.54 Å². The third-order valence-electron chi connectivity index (χ3n) is 7.77. The summed E-state index contributed by atoms with van der Waals surface area (Å²) in [5.74, 6) is 2.87. The monoisotopic (exact) mass is 345 g/mol. The topological polar surface area (TPSA) is 78.5 Å². The van der Waals surface area contributed by atoms with Crippen molar-refractivity contribution in [2.45, 2.75) is 63.5 Å². The fraction of sp³-hybridized carbons (Fsp3) is 0.842. The lowest BCUT2D eigenvalue weighted by atomic mass is 9.79. The largest absolute Gasteiger partial charge is 0.352 e. The molecule has 2 bridgehead atoms. The fourth-order valence-corrected chi connectivity index (χ4v) is 6.43. The van der Waals surface area contributed by atoms with Crippen LogP contribution in [0.5, 0.6) is 0 Å². The Balaban J connectivity index is 1.22. The number of carbonyl (C=O) groups excluding carboxylic acids is 3. The highest BCUT2D eigenvalue weighted by Gasteiger charge is 2.57. The molecule has 6 atom stereocenters. The Bertz CT molecular complexity index is 646. The van der Waals surface area contributed by atoms with Crippen LogP contribution in [0.1, 0.15) is 51.9 Å². The number of imide groups is 1. The van der Waals surface area contributed by atoms with Crippen LogP contribution in [0.3, 0.4) is 0 Å². The minimum Gasteiger partial charge on any atom is -0.352 e. The summed E-state index contributed by atoms with van der Waals surface area (Å²) in [6.45, 7) is 1.65. The average molecular weight is 345 g/mol. The Hall–Kier alpha value is -1.59. The zero-order chi connectivity index (χ0) is 17.3. The van der Waals surface area contributed by atoms with E-state index in [-0.39, 0.29) is 30.3 Å². The molecule has 5 aliphatic rings. The Morgan fingerprint density at radius 2 is 1.92 bits per heavy atom. The highest BCUT2D eigenvalue weighted by Crippen LogP contribution is 2.58. The highest BCUT2D eigenvalue weighted by atomic mass is 16.2. The van der Waals surface area contributed by atoms with E-state index in [0.717, 1.165) is 41.9 Å². The van der Waals surface area contributed by atoms with E-state index in [1.807, 2.05) is 0 Å². The van der Waals surface area contributed by atoms with Crippen LogP contribution in [0.15, 0.2) is 0 Å². The molecule has 25 heavy (non-hydrogen) atoms. The molecule has 0 aromatic carbocycles. The van der Waals surface area contributed by atoms with Gasteiger partial charge >= 0.3 is 6.03 Å². The summed E-state index contributed by atoms with van der Waals surface area (Å²) in [4.78, 5) is 38.5. The second kappa shape index (κ2) is 5.21. The first-order valence-corrected chi connectivity index (χ1v) is 9.91. The molecular formula is C19H27N3O3. The lowest BCUT2D eigenvalue weighted by Crippen LogP contribution is -2.49. The van der Waals surface area contributed by atoms with Crippen molar-refractivity contribution in [3.8, 4) is 0 Å². The lowest BCUT2D eigenvalue weighted by molar-refractivity contribution is -0.135. The number of nitrogens with zero attached hydrogens (tertiary/aromatic N) is 1. The van der Waals surface area contributed by atoms with E-state index in [0.29, 0.717) is 5.92 Å². The number of nitrogens with one attached hydrogen (secondary N) is 2. The van der Waals surface area contributed by atoms with Crippen molar-refractivity contribution >= 4 is 17.8 Å². The van der Waals surface area contributed by atoms with Gasteiger partial charge in [0.2, 0.25) is 5.91 Å². The molecule has 1 saturated heterocycles. The first-order chi connectivity index (χ1) is 12.0. The minimum atomic E-state index is -0.805. The van der Waals surface area contributed by atoms with Crippen molar-refractivity contribution in [1.29, 1.82) is 0 Å². The van der Waals surface area contributed by atoms with Gasteiger partial charge in [0.1, 0.15) is 12.1 Å². The molecule has 1 aliphatic heterocycles. The van der Waals surface area contributed by atoms with Gasteiger partial charge in [-0.1, -0.05) is 6.42 Å². The predicted octanol–water partition coefficient (Wildman–Crippen LogP) is 1.65. The van der Waals surface area contributed by atoms with E-state index in [9.17, 15) is 14.4 Å². The summed E-state index contributed by atoms with van der Waals surface area (Å²) >= 11 is 0. The van der Waals surface area contributed by atoms with Crippen LogP contribution >= 0.6 is 0 Å². The number of carbonyl (C=O) groups is 3. The molecule has 136 valence electrons. The third-order valence-corrected chi connectivity index (χ3v) is 7.77. The molecular weight excluding hydrogens is 318 g/mol. The SMILES string of the molecule is C[C@]1(C2CC2)NC(=O)N(CC(=O)N[C@@H]2C[C@H]3C[C@H]2[C@@H]2CCC[C@@H]32)C1=O. The third kappa shape index (κ3) is 2.25. The summed E-state index contributed by atoms with van der Waals surface area (Å²) in [6, 6.07) is -0.175. The normalized spacial score (nSPS) is 45.0. The molecule has 0 spiro atoms. The van der Waals surface area contributed by atoms with Gasteiger partial charge in [0, 0.05) is 6.04 Å². The Kier molecular flexibility index (Phi) is 3.26. The summed E-state index contributed by atoms with van der Waals surface area (Å²) in [5.41, 5.74) is -0.805. The maximum absolute atomic E-state index is 12.6. The molecule has 0 aromatic rings. The van der Waals surface area contributed by atoms with Crippen LogP contribution in [-0.4, -0.2) is 40.9 Å². The maximum atomic E-state index is 12.6. The van der Waals surface area contributed by atoms with Crippen LogP contribution in [0.2, 0.25) is 0 Å². The molecule has 5 fully saturated rings. The van der Waals surface area contributed by atoms with Gasteiger partial charge in [-0.3, -0.25) is 14.5 Å². The van der Waals surface area contributed by atoms with Crippen LogP contribution in [-0.2, 0) is 9.59 Å². The summed E-state index contributed by atoms with van der Waals surface area (Å²) in [7, 11) is 0. The van der Waals surface area contributed by atoms with E-state index in [1.165, 1.54) is 25.7 Å². The van der Waals surface area contributed by atoms with Gasteiger partial charge in [-0.2, -0.15) is 0 Å². The fourth-order valence-electron chi connectivity index (χ4n) is 6.43. The maximum Gasteiger partial charge on any atom is 0.325 e. The first kappa shape index (κ1) is 15.6. The average Bonchev–Trinajstić information content (AvgIpc) is 2.95. The quantitative estimate of drug-likeness (QED) is 0.761. The molecule has 0 unspecified atom stereocenters. The number of amides is 4. The van der Waals surface area contributed by atoms with Crippen molar-refractivity contribution in [3.63, 3.8) is 0 Å². The van der Waals surface area contributed by atoms with E-state index < -0.39 is 11.6 Å². The Morgan fingerprint density at radius 1 is 1.16 bits per heavy atom. The number of urea groups is 1. The highest BCUT2D eigenvalue weighted by molar-refractivity contribution is 6.09. The van der Waals surface area contributed by atoms with Gasteiger partial charge in [-0.05, 0) is 75.0 Å². The number of hydrogen-bond acceptors (Lipinski definition) is 3. The molecule has 6 nitrogen and oxygen atoms in total. The van der Waals surface area contributed by atoms with Gasteiger partial charge in [0.05, 0.1) is 0 Å². The van der Waals surface area contributed by atoms with Gasteiger partial charge in [-0.15, -0.1) is 0 Å². The minimum absolute atomic E-state index is 0.144.